The number of amidine groups is 1. The lowest BCUT2D eigenvalue weighted by molar-refractivity contribution is 0.980. The number of nitrogens with zero attached hydrogens (tertiary/aromatic N) is 1. The van der Waals surface area contributed by atoms with E-state index in [1.807, 2.05) is 6.07 Å². The summed E-state index contributed by atoms with van der Waals surface area (Å²) < 4.78 is 0. The highest BCUT2D eigenvalue weighted by Crippen LogP contribution is 2.23. The lowest BCUT2D eigenvalue weighted by Crippen LogP contribution is -2.13. The van der Waals surface area contributed by atoms with Crippen LogP contribution in [-0.2, 0) is 6.42 Å². The predicted octanol–water partition coefficient (Wildman–Crippen LogP) is 2.14. The van der Waals surface area contributed by atoms with Gasteiger partial charge in [-0.05, 0) is 24.8 Å². The molecule has 0 aromatic heterocycles. The molecule has 0 heterocycles. The summed E-state index contributed by atoms with van der Waals surface area (Å²) in [6.45, 7) is 0. The number of aryl methyl sites for hydroxylation is 1. The third-order valence-electron chi connectivity index (χ3n) is 2.41. The van der Waals surface area contributed by atoms with Gasteiger partial charge in [0.25, 0.3) is 0 Å². The van der Waals surface area contributed by atoms with Crippen LogP contribution in [0.4, 0.5) is 0 Å². The van der Waals surface area contributed by atoms with Crippen molar-refractivity contribution in [1.82, 2.24) is 0 Å². The van der Waals surface area contributed by atoms with Gasteiger partial charge in [-0.15, -0.1) is 0 Å². The van der Waals surface area contributed by atoms with Crippen LogP contribution in [0.3, 0.4) is 0 Å². The van der Waals surface area contributed by atoms with Crippen molar-refractivity contribution in [3.63, 3.8) is 0 Å². The molecule has 0 amide bonds. The molecule has 74 valence electrons. The zero-order valence-corrected chi connectivity index (χ0v) is 8.32. The Balaban J connectivity index is 1.82. The molecule has 0 bridgehead atoms. The summed E-state index contributed by atoms with van der Waals surface area (Å²) in [6, 6.07) is 11.0. The minimum absolute atomic E-state index is 0.547. The fourth-order valence-electron chi connectivity index (χ4n) is 1.42. The summed E-state index contributed by atoms with van der Waals surface area (Å²) in [5.74, 6) is 0.816. The molecular formula is C12H16N2. The zero-order chi connectivity index (χ0) is 9.80. The molecule has 2 rings (SSSR count). The first-order chi connectivity index (χ1) is 6.84. The van der Waals surface area contributed by atoms with Crippen molar-refractivity contribution in [3.05, 3.63) is 35.9 Å². The first-order valence-corrected chi connectivity index (χ1v) is 5.20. The first kappa shape index (κ1) is 9.25. The summed E-state index contributed by atoms with van der Waals surface area (Å²) in [4.78, 5) is 4.40. The third-order valence-corrected chi connectivity index (χ3v) is 2.41. The Labute approximate surface area is 84.9 Å². The van der Waals surface area contributed by atoms with Crippen LogP contribution in [0.5, 0.6) is 0 Å². The fourth-order valence-corrected chi connectivity index (χ4v) is 1.42. The van der Waals surface area contributed by atoms with Crippen LogP contribution in [0.2, 0.25) is 0 Å². The molecule has 1 aliphatic carbocycles. The smallest absolute Gasteiger partial charge is 0.0943 e. The Hall–Kier alpha value is -1.31. The maximum Gasteiger partial charge on any atom is 0.0943 e. The molecule has 1 saturated carbocycles. The van der Waals surface area contributed by atoms with E-state index in [9.17, 15) is 0 Å². The maximum absolute atomic E-state index is 5.81. The Morgan fingerprint density at radius 1 is 1.29 bits per heavy atom. The molecule has 1 fully saturated rings. The van der Waals surface area contributed by atoms with Crippen molar-refractivity contribution in [3.8, 4) is 0 Å². The van der Waals surface area contributed by atoms with E-state index in [2.05, 4.69) is 29.3 Å². The van der Waals surface area contributed by atoms with Gasteiger partial charge in [-0.3, -0.25) is 4.99 Å². The standard InChI is InChI=1S/C12H16N2/c13-12(14-11-7-8-11)9-6-10-4-2-1-3-5-10/h1-5,11H,6-9H2,(H2,13,14). The SMILES string of the molecule is NC(CCc1ccccc1)=NC1CC1. The van der Waals surface area contributed by atoms with Gasteiger partial charge in [0.2, 0.25) is 0 Å². The lowest BCUT2D eigenvalue weighted by atomic mass is 10.1. The van der Waals surface area contributed by atoms with Crippen molar-refractivity contribution in [2.24, 2.45) is 10.7 Å². The van der Waals surface area contributed by atoms with Gasteiger partial charge in [-0.2, -0.15) is 0 Å². The highest BCUT2D eigenvalue weighted by molar-refractivity contribution is 5.80. The normalized spacial score (nSPS) is 17.0. The van der Waals surface area contributed by atoms with Crippen LogP contribution in [0.1, 0.15) is 24.8 Å². The number of benzene rings is 1. The molecule has 14 heavy (non-hydrogen) atoms. The molecule has 1 aliphatic rings. The molecule has 0 radical (unpaired) electrons. The molecule has 1 aromatic carbocycles. The van der Waals surface area contributed by atoms with Crippen molar-refractivity contribution < 1.29 is 0 Å². The predicted molar refractivity (Wildman–Crippen MR) is 59.4 cm³/mol. The molecule has 2 nitrogen and oxygen atoms in total. The molecule has 1 aromatic rings. The molecule has 0 aliphatic heterocycles. The summed E-state index contributed by atoms with van der Waals surface area (Å²) >= 11 is 0. The monoisotopic (exact) mass is 188 g/mol. The van der Waals surface area contributed by atoms with E-state index < -0.39 is 0 Å². The van der Waals surface area contributed by atoms with Gasteiger partial charge in [0.05, 0.1) is 11.9 Å². The summed E-state index contributed by atoms with van der Waals surface area (Å²) in [5.41, 5.74) is 7.15. The van der Waals surface area contributed by atoms with E-state index in [1.54, 1.807) is 0 Å². The third kappa shape index (κ3) is 2.87. The van der Waals surface area contributed by atoms with Crippen LogP contribution in [0, 0.1) is 0 Å². The van der Waals surface area contributed by atoms with Crippen molar-refractivity contribution in [2.75, 3.05) is 0 Å². The molecule has 0 atom stereocenters. The second kappa shape index (κ2) is 4.27. The van der Waals surface area contributed by atoms with E-state index in [4.69, 9.17) is 5.73 Å². The van der Waals surface area contributed by atoms with Crippen LogP contribution >= 0.6 is 0 Å². The second-order valence-corrected chi connectivity index (χ2v) is 3.84. The fraction of sp³-hybridized carbons (Fsp3) is 0.417. The molecule has 2 N–H and O–H groups in total. The van der Waals surface area contributed by atoms with Crippen molar-refractivity contribution in [2.45, 2.75) is 31.7 Å². The average Bonchev–Trinajstić information content (AvgIpc) is 3.00. The largest absolute Gasteiger partial charge is 0.387 e. The lowest BCUT2D eigenvalue weighted by Gasteiger charge is -2.00. The van der Waals surface area contributed by atoms with Gasteiger partial charge < -0.3 is 5.73 Å². The Kier molecular flexibility index (Phi) is 2.82. The van der Waals surface area contributed by atoms with Gasteiger partial charge in [0.15, 0.2) is 0 Å². The van der Waals surface area contributed by atoms with Crippen LogP contribution in [0.25, 0.3) is 0 Å². The number of nitrogens with two attached hydrogens (primary N) is 1. The van der Waals surface area contributed by atoms with Crippen molar-refractivity contribution >= 4 is 5.84 Å². The van der Waals surface area contributed by atoms with Crippen LogP contribution < -0.4 is 5.73 Å². The molecular weight excluding hydrogens is 172 g/mol. The number of hydrogen-bond donors (Lipinski definition) is 1. The van der Waals surface area contributed by atoms with Gasteiger partial charge in [-0.25, -0.2) is 0 Å². The molecule has 0 saturated heterocycles. The minimum atomic E-state index is 0.547. The highest BCUT2D eigenvalue weighted by atomic mass is 14.9. The average molecular weight is 188 g/mol. The second-order valence-electron chi connectivity index (χ2n) is 3.84. The summed E-state index contributed by atoms with van der Waals surface area (Å²) in [7, 11) is 0. The van der Waals surface area contributed by atoms with E-state index in [-0.39, 0.29) is 0 Å². The number of aliphatic imine (C=N–C) groups is 1. The Bertz CT molecular complexity index is 312. The molecule has 0 unspecified atom stereocenters. The van der Waals surface area contributed by atoms with Crippen molar-refractivity contribution in [1.29, 1.82) is 0 Å². The van der Waals surface area contributed by atoms with Gasteiger partial charge >= 0.3 is 0 Å². The van der Waals surface area contributed by atoms with Gasteiger partial charge in [0, 0.05) is 6.42 Å². The first-order valence-electron chi connectivity index (χ1n) is 5.20. The summed E-state index contributed by atoms with van der Waals surface area (Å²) in [6.07, 6.45) is 4.35. The quantitative estimate of drug-likeness (QED) is 0.570. The summed E-state index contributed by atoms with van der Waals surface area (Å²) in [5, 5.41) is 0. The minimum Gasteiger partial charge on any atom is -0.387 e. The van der Waals surface area contributed by atoms with Crippen LogP contribution in [-0.4, -0.2) is 11.9 Å². The van der Waals surface area contributed by atoms with Crippen LogP contribution in [0.15, 0.2) is 35.3 Å². The Morgan fingerprint density at radius 2 is 2.00 bits per heavy atom. The topological polar surface area (TPSA) is 38.4 Å². The van der Waals surface area contributed by atoms with E-state index in [0.717, 1.165) is 18.7 Å². The highest BCUT2D eigenvalue weighted by Gasteiger charge is 2.20. The van der Waals surface area contributed by atoms with E-state index in [1.165, 1.54) is 18.4 Å². The van der Waals surface area contributed by atoms with E-state index in [0.29, 0.717) is 6.04 Å². The van der Waals surface area contributed by atoms with E-state index >= 15 is 0 Å². The zero-order valence-electron chi connectivity index (χ0n) is 8.32. The maximum atomic E-state index is 5.81. The molecule has 2 heteroatoms. The molecule has 0 spiro atoms. The number of rotatable bonds is 4. The number of hydrogen-bond acceptors (Lipinski definition) is 1. The Morgan fingerprint density at radius 3 is 2.64 bits per heavy atom. The van der Waals surface area contributed by atoms with Gasteiger partial charge in [0.1, 0.15) is 0 Å². The van der Waals surface area contributed by atoms with Gasteiger partial charge in [-0.1, -0.05) is 30.3 Å².